The standard InChI is InChI=1S/C16H14F3N3O2S/c17-16(18,19)11-3-1-10(2-4-11)9-21-15(24)22-12(8-14(22)23)7-13-20-5-6-25-13/h1-6,12H,7-9H2,(H,21,24)/t12-/m0/s1. The molecule has 1 aliphatic rings. The molecule has 1 aliphatic heterocycles. The predicted octanol–water partition coefficient (Wildman–Crippen LogP) is 3.22. The summed E-state index contributed by atoms with van der Waals surface area (Å²) in [6.45, 7) is 0.0464. The summed E-state index contributed by atoms with van der Waals surface area (Å²) < 4.78 is 37.5. The van der Waals surface area contributed by atoms with Crippen LogP contribution in [0.15, 0.2) is 35.8 Å². The van der Waals surface area contributed by atoms with E-state index in [1.54, 1.807) is 6.20 Å². The molecular weight excluding hydrogens is 355 g/mol. The van der Waals surface area contributed by atoms with Crippen LogP contribution in [0, 0.1) is 0 Å². The van der Waals surface area contributed by atoms with Gasteiger partial charge in [0.1, 0.15) is 0 Å². The zero-order chi connectivity index (χ0) is 18.0. The number of hydrogen-bond acceptors (Lipinski definition) is 4. The molecule has 0 bridgehead atoms. The maximum Gasteiger partial charge on any atom is 0.416 e. The van der Waals surface area contributed by atoms with Crippen molar-refractivity contribution in [1.29, 1.82) is 0 Å². The molecule has 2 aromatic rings. The van der Waals surface area contributed by atoms with E-state index in [-0.39, 0.29) is 24.9 Å². The molecule has 0 unspecified atom stereocenters. The largest absolute Gasteiger partial charge is 0.416 e. The van der Waals surface area contributed by atoms with Gasteiger partial charge in [0.05, 0.1) is 16.6 Å². The Morgan fingerprint density at radius 3 is 2.60 bits per heavy atom. The molecule has 3 amide bonds. The van der Waals surface area contributed by atoms with Crippen molar-refractivity contribution in [3.05, 3.63) is 52.0 Å². The van der Waals surface area contributed by atoms with E-state index in [2.05, 4.69) is 10.3 Å². The fourth-order valence-electron chi connectivity index (χ4n) is 2.55. The number of imide groups is 1. The molecule has 132 valence electrons. The number of nitrogens with zero attached hydrogens (tertiary/aromatic N) is 2. The number of hydrogen-bond donors (Lipinski definition) is 1. The molecule has 9 heteroatoms. The van der Waals surface area contributed by atoms with Crippen LogP contribution in [0.2, 0.25) is 0 Å². The SMILES string of the molecule is O=C1C[C@H](Cc2nccs2)N1C(=O)NCc1ccc(C(F)(F)F)cc1. The second-order valence-corrected chi connectivity index (χ2v) is 6.58. The Labute approximate surface area is 145 Å². The van der Waals surface area contributed by atoms with Crippen molar-refractivity contribution in [2.75, 3.05) is 0 Å². The zero-order valence-electron chi connectivity index (χ0n) is 12.9. The van der Waals surface area contributed by atoms with Crippen molar-refractivity contribution in [2.24, 2.45) is 0 Å². The molecule has 1 atom stereocenters. The monoisotopic (exact) mass is 369 g/mol. The molecule has 1 N–H and O–H groups in total. The van der Waals surface area contributed by atoms with Crippen LogP contribution in [0.1, 0.15) is 22.6 Å². The summed E-state index contributed by atoms with van der Waals surface area (Å²) in [4.78, 5) is 29.2. The molecule has 0 radical (unpaired) electrons. The summed E-state index contributed by atoms with van der Waals surface area (Å²) in [6.07, 6.45) is -1.94. The van der Waals surface area contributed by atoms with Crippen LogP contribution >= 0.6 is 11.3 Å². The molecule has 1 aromatic heterocycles. The molecule has 5 nitrogen and oxygen atoms in total. The average Bonchev–Trinajstić information content (AvgIpc) is 3.05. The number of likely N-dealkylation sites (tertiary alicyclic amines) is 1. The molecule has 2 heterocycles. The first-order chi connectivity index (χ1) is 11.8. The average molecular weight is 369 g/mol. The van der Waals surface area contributed by atoms with Crippen molar-refractivity contribution in [1.82, 2.24) is 15.2 Å². The highest BCUT2D eigenvalue weighted by Gasteiger charge is 2.41. The van der Waals surface area contributed by atoms with Crippen LogP contribution in [0.25, 0.3) is 0 Å². The third kappa shape index (κ3) is 3.98. The van der Waals surface area contributed by atoms with Crippen molar-refractivity contribution in [3.8, 4) is 0 Å². The van der Waals surface area contributed by atoms with Crippen LogP contribution in [0.5, 0.6) is 0 Å². The number of thiazole rings is 1. The number of halogens is 3. The maximum absolute atomic E-state index is 12.5. The summed E-state index contributed by atoms with van der Waals surface area (Å²) in [5.74, 6) is -0.272. The first kappa shape index (κ1) is 17.4. The highest BCUT2D eigenvalue weighted by molar-refractivity contribution is 7.09. The number of nitrogens with one attached hydrogen (secondary N) is 1. The van der Waals surface area contributed by atoms with Crippen molar-refractivity contribution < 1.29 is 22.8 Å². The highest BCUT2D eigenvalue weighted by atomic mass is 32.1. The third-order valence-corrected chi connectivity index (χ3v) is 4.68. The minimum Gasteiger partial charge on any atom is -0.334 e. The van der Waals surface area contributed by atoms with Gasteiger partial charge in [-0.2, -0.15) is 13.2 Å². The van der Waals surface area contributed by atoms with Gasteiger partial charge in [-0.3, -0.25) is 9.69 Å². The van der Waals surface area contributed by atoms with Crippen LogP contribution in [0.3, 0.4) is 0 Å². The van der Waals surface area contributed by atoms with Gasteiger partial charge in [-0.25, -0.2) is 9.78 Å². The molecule has 1 saturated heterocycles. The van der Waals surface area contributed by atoms with Crippen LogP contribution in [-0.2, 0) is 23.9 Å². The van der Waals surface area contributed by atoms with Gasteiger partial charge in [0.25, 0.3) is 0 Å². The van der Waals surface area contributed by atoms with Gasteiger partial charge in [-0.15, -0.1) is 11.3 Å². The summed E-state index contributed by atoms with van der Waals surface area (Å²) in [5.41, 5.74) is -0.227. The predicted molar refractivity (Wildman–Crippen MR) is 84.7 cm³/mol. The zero-order valence-corrected chi connectivity index (χ0v) is 13.7. The molecular formula is C16H14F3N3O2S. The Balaban J connectivity index is 1.55. The van der Waals surface area contributed by atoms with Crippen molar-refractivity contribution in [3.63, 3.8) is 0 Å². The van der Waals surface area contributed by atoms with Crippen LogP contribution < -0.4 is 5.32 Å². The Morgan fingerprint density at radius 1 is 1.32 bits per heavy atom. The smallest absolute Gasteiger partial charge is 0.334 e. The normalized spacial score (nSPS) is 17.3. The molecule has 3 rings (SSSR count). The number of amides is 3. The van der Waals surface area contributed by atoms with E-state index in [1.165, 1.54) is 23.5 Å². The Bertz CT molecular complexity index is 760. The van der Waals surface area contributed by atoms with Crippen LogP contribution in [-0.4, -0.2) is 27.9 Å². The van der Waals surface area contributed by atoms with E-state index in [9.17, 15) is 22.8 Å². The van der Waals surface area contributed by atoms with Gasteiger partial charge in [-0.05, 0) is 17.7 Å². The van der Waals surface area contributed by atoms with E-state index in [0.717, 1.165) is 22.0 Å². The van der Waals surface area contributed by atoms with Crippen molar-refractivity contribution in [2.45, 2.75) is 31.6 Å². The fraction of sp³-hybridized carbons (Fsp3) is 0.312. The number of β-lactam (4-membered cyclic amide) rings is 1. The number of benzene rings is 1. The molecule has 0 aliphatic carbocycles. The highest BCUT2D eigenvalue weighted by Crippen LogP contribution is 2.29. The molecule has 25 heavy (non-hydrogen) atoms. The van der Waals surface area contributed by atoms with Gasteiger partial charge in [0, 0.05) is 31.0 Å². The lowest BCUT2D eigenvalue weighted by Gasteiger charge is -2.38. The molecule has 1 aromatic carbocycles. The summed E-state index contributed by atoms with van der Waals surface area (Å²) in [6, 6.07) is 3.74. The maximum atomic E-state index is 12.5. The molecule has 1 fully saturated rings. The third-order valence-electron chi connectivity index (χ3n) is 3.88. The van der Waals surface area contributed by atoms with Crippen LogP contribution in [0.4, 0.5) is 18.0 Å². The summed E-state index contributed by atoms with van der Waals surface area (Å²) in [5, 5.41) is 5.24. The fourth-order valence-corrected chi connectivity index (χ4v) is 3.24. The van der Waals surface area contributed by atoms with Gasteiger partial charge in [0.15, 0.2) is 0 Å². The number of aromatic nitrogens is 1. The topological polar surface area (TPSA) is 62.3 Å². The second kappa shape index (κ2) is 6.83. The van der Waals surface area contributed by atoms with E-state index >= 15 is 0 Å². The number of carbonyl (C=O) groups is 2. The lowest BCUT2D eigenvalue weighted by molar-refractivity contribution is -0.140. The second-order valence-electron chi connectivity index (χ2n) is 5.61. The first-order valence-electron chi connectivity index (χ1n) is 7.49. The number of rotatable bonds is 4. The first-order valence-corrected chi connectivity index (χ1v) is 8.37. The minimum atomic E-state index is -4.39. The number of carbonyl (C=O) groups excluding carboxylic acids is 2. The molecule has 0 spiro atoms. The molecule has 0 saturated carbocycles. The van der Waals surface area contributed by atoms with E-state index in [1.807, 2.05) is 5.38 Å². The van der Waals surface area contributed by atoms with Gasteiger partial charge in [0.2, 0.25) is 5.91 Å². The van der Waals surface area contributed by atoms with Gasteiger partial charge >= 0.3 is 12.2 Å². The van der Waals surface area contributed by atoms with Gasteiger partial charge in [-0.1, -0.05) is 12.1 Å². The quantitative estimate of drug-likeness (QED) is 0.842. The Kier molecular flexibility index (Phi) is 4.76. The minimum absolute atomic E-state index is 0.0464. The summed E-state index contributed by atoms with van der Waals surface area (Å²) >= 11 is 1.46. The Morgan fingerprint density at radius 2 is 2.04 bits per heavy atom. The number of alkyl halides is 3. The van der Waals surface area contributed by atoms with Crippen molar-refractivity contribution >= 4 is 23.3 Å². The lowest BCUT2D eigenvalue weighted by atomic mass is 9.99. The summed E-state index contributed by atoms with van der Waals surface area (Å²) in [7, 11) is 0. The number of urea groups is 1. The lowest BCUT2D eigenvalue weighted by Crippen LogP contribution is -2.59. The van der Waals surface area contributed by atoms with E-state index in [4.69, 9.17) is 0 Å². The van der Waals surface area contributed by atoms with E-state index < -0.39 is 17.8 Å². The van der Waals surface area contributed by atoms with E-state index in [0.29, 0.717) is 12.0 Å². The Hall–Kier alpha value is -2.42. The van der Waals surface area contributed by atoms with Gasteiger partial charge < -0.3 is 5.32 Å².